The molecule has 0 aromatic heterocycles. The van der Waals surface area contributed by atoms with Crippen LogP contribution in [0.25, 0.3) is 0 Å². The summed E-state index contributed by atoms with van der Waals surface area (Å²) < 4.78 is 5.16. The van der Waals surface area contributed by atoms with Crippen LogP contribution in [0.4, 0.5) is 0 Å². The topological polar surface area (TPSA) is 60.4 Å². The average Bonchev–Trinajstić information content (AvgIpc) is 2.64. The number of piperidine rings is 1. The summed E-state index contributed by atoms with van der Waals surface area (Å²) in [5.41, 5.74) is 0. The van der Waals surface area contributed by atoms with E-state index >= 15 is 0 Å². The van der Waals surface area contributed by atoms with E-state index in [2.05, 4.69) is 22.0 Å². The fourth-order valence-electron chi connectivity index (χ4n) is 3.49. The molecule has 2 saturated heterocycles. The molecule has 2 aliphatic rings. The molecule has 0 aromatic carbocycles. The second-order valence-corrected chi connectivity index (χ2v) is 6.97. The van der Waals surface area contributed by atoms with Gasteiger partial charge in [-0.3, -0.25) is 9.79 Å². The summed E-state index contributed by atoms with van der Waals surface area (Å²) in [6.45, 7) is 13.0. The normalized spacial score (nSPS) is 20.8. The SMILES string of the molecule is CCNC(=NCC1CCN(CCOC)CC1)N1CCN(C(C)=O)CC1. The minimum atomic E-state index is 0.168. The first-order valence-corrected chi connectivity index (χ1v) is 9.64. The molecule has 2 fully saturated rings. The van der Waals surface area contributed by atoms with Gasteiger partial charge in [-0.25, -0.2) is 0 Å². The molecular formula is C18H35N5O2. The van der Waals surface area contributed by atoms with Crippen molar-refractivity contribution in [2.24, 2.45) is 10.9 Å². The Balaban J connectivity index is 1.79. The number of hydrogen-bond donors (Lipinski definition) is 1. The van der Waals surface area contributed by atoms with E-state index in [1.165, 1.54) is 12.8 Å². The van der Waals surface area contributed by atoms with E-state index < -0.39 is 0 Å². The second-order valence-electron chi connectivity index (χ2n) is 6.97. The highest BCUT2D eigenvalue weighted by molar-refractivity contribution is 5.80. The highest BCUT2D eigenvalue weighted by Gasteiger charge is 2.22. The molecule has 2 heterocycles. The molecule has 0 unspecified atom stereocenters. The number of guanidine groups is 1. The number of rotatable bonds is 6. The van der Waals surface area contributed by atoms with Gasteiger partial charge in [0.2, 0.25) is 5.91 Å². The van der Waals surface area contributed by atoms with Gasteiger partial charge < -0.3 is 24.8 Å². The first kappa shape index (κ1) is 20.0. The van der Waals surface area contributed by atoms with Crippen molar-refractivity contribution in [3.63, 3.8) is 0 Å². The molecule has 2 rings (SSSR count). The zero-order chi connectivity index (χ0) is 18.1. The summed E-state index contributed by atoms with van der Waals surface area (Å²) in [5.74, 6) is 1.85. The van der Waals surface area contributed by atoms with E-state index in [1.54, 1.807) is 14.0 Å². The predicted molar refractivity (Wildman–Crippen MR) is 101 cm³/mol. The van der Waals surface area contributed by atoms with Crippen LogP contribution in [0.3, 0.4) is 0 Å². The number of likely N-dealkylation sites (tertiary alicyclic amines) is 1. The van der Waals surface area contributed by atoms with Crippen LogP contribution in [0, 0.1) is 5.92 Å². The van der Waals surface area contributed by atoms with Crippen LogP contribution in [-0.4, -0.2) is 99.2 Å². The number of hydrogen-bond acceptors (Lipinski definition) is 4. The number of piperazine rings is 1. The summed E-state index contributed by atoms with van der Waals surface area (Å²) in [4.78, 5) is 23.1. The third-order valence-electron chi connectivity index (χ3n) is 5.18. The molecule has 0 bridgehead atoms. The predicted octanol–water partition coefficient (Wildman–Crippen LogP) is 0.474. The van der Waals surface area contributed by atoms with Gasteiger partial charge in [0, 0.05) is 59.8 Å². The molecule has 1 N–H and O–H groups in total. The summed E-state index contributed by atoms with van der Waals surface area (Å²) in [6, 6.07) is 0. The first-order chi connectivity index (χ1) is 12.1. The summed E-state index contributed by atoms with van der Waals surface area (Å²) in [5, 5.41) is 3.42. The Kier molecular flexibility index (Phi) is 8.48. The number of ether oxygens (including phenoxy) is 1. The minimum absolute atomic E-state index is 0.168. The second kappa shape index (κ2) is 10.6. The Morgan fingerprint density at radius 1 is 1.12 bits per heavy atom. The molecule has 0 spiro atoms. The lowest BCUT2D eigenvalue weighted by molar-refractivity contribution is -0.130. The molecule has 0 saturated carbocycles. The monoisotopic (exact) mass is 353 g/mol. The van der Waals surface area contributed by atoms with E-state index in [1.807, 2.05) is 4.90 Å². The van der Waals surface area contributed by atoms with E-state index in [-0.39, 0.29) is 5.91 Å². The van der Waals surface area contributed by atoms with E-state index in [4.69, 9.17) is 9.73 Å². The van der Waals surface area contributed by atoms with E-state index in [0.717, 1.165) is 71.5 Å². The fourth-order valence-corrected chi connectivity index (χ4v) is 3.49. The number of nitrogens with zero attached hydrogens (tertiary/aromatic N) is 4. The van der Waals surface area contributed by atoms with E-state index in [9.17, 15) is 4.79 Å². The lowest BCUT2D eigenvalue weighted by Crippen LogP contribution is -2.53. The number of methoxy groups -OCH3 is 1. The van der Waals surface area contributed by atoms with Crippen LogP contribution >= 0.6 is 0 Å². The highest BCUT2D eigenvalue weighted by atomic mass is 16.5. The number of carbonyl (C=O) groups is 1. The van der Waals surface area contributed by atoms with Gasteiger partial charge in [-0.1, -0.05) is 0 Å². The van der Waals surface area contributed by atoms with Crippen molar-refractivity contribution >= 4 is 11.9 Å². The summed E-state index contributed by atoms with van der Waals surface area (Å²) >= 11 is 0. The van der Waals surface area contributed by atoms with Crippen molar-refractivity contribution in [3.05, 3.63) is 0 Å². The maximum absolute atomic E-state index is 11.5. The molecule has 0 aromatic rings. The zero-order valence-electron chi connectivity index (χ0n) is 16.2. The maximum atomic E-state index is 11.5. The smallest absolute Gasteiger partial charge is 0.219 e. The van der Waals surface area contributed by atoms with Crippen LogP contribution in [0.15, 0.2) is 4.99 Å². The van der Waals surface area contributed by atoms with Gasteiger partial charge in [0.15, 0.2) is 5.96 Å². The number of carbonyl (C=O) groups excluding carboxylic acids is 1. The zero-order valence-corrected chi connectivity index (χ0v) is 16.2. The van der Waals surface area contributed by atoms with Crippen molar-refractivity contribution in [3.8, 4) is 0 Å². The Labute approximate surface area is 152 Å². The Morgan fingerprint density at radius 2 is 1.76 bits per heavy atom. The summed E-state index contributed by atoms with van der Waals surface area (Å²) in [6.07, 6.45) is 2.43. The lowest BCUT2D eigenvalue weighted by Gasteiger charge is -2.36. The molecule has 7 heteroatoms. The quantitative estimate of drug-likeness (QED) is 0.556. The van der Waals surface area contributed by atoms with Crippen molar-refractivity contribution in [1.29, 1.82) is 0 Å². The van der Waals surface area contributed by atoms with Gasteiger partial charge in [0.1, 0.15) is 0 Å². The van der Waals surface area contributed by atoms with Crippen LogP contribution in [0.2, 0.25) is 0 Å². The number of nitrogens with one attached hydrogen (secondary N) is 1. The molecule has 0 atom stereocenters. The van der Waals surface area contributed by atoms with Crippen LogP contribution in [0.1, 0.15) is 26.7 Å². The third kappa shape index (κ3) is 6.47. The van der Waals surface area contributed by atoms with Gasteiger partial charge in [-0.2, -0.15) is 0 Å². The van der Waals surface area contributed by atoms with Crippen molar-refractivity contribution in [2.45, 2.75) is 26.7 Å². The third-order valence-corrected chi connectivity index (χ3v) is 5.18. The van der Waals surface area contributed by atoms with Gasteiger partial charge in [-0.15, -0.1) is 0 Å². The summed E-state index contributed by atoms with van der Waals surface area (Å²) in [7, 11) is 1.76. The van der Waals surface area contributed by atoms with Gasteiger partial charge in [0.05, 0.1) is 6.61 Å². The number of amides is 1. The van der Waals surface area contributed by atoms with Gasteiger partial charge >= 0.3 is 0 Å². The van der Waals surface area contributed by atoms with Gasteiger partial charge in [-0.05, 0) is 38.8 Å². The number of aliphatic imine (C=N–C) groups is 1. The highest BCUT2D eigenvalue weighted by Crippen LogP contribution is 2.17. The average molecular weight is 354 g/mol. The Bertz CT molecular complexity index is 427. The molecule has 0 aliphatic carbocycles. The standard InChI is InChI=1S/C18H35N5O2/c1-4-19-18(23-11-9-22(10-12-23)16(2)24)20-15-17-5-7-21(8-6-17)13-14-25-3/h17H,4-15H2,1-3H3,(H,19,20). The Hall–Kier alpha value is -1.34. The van der Waals surface area contributed by atoms with Crippen LogP contribution in [0.5, 0.6) is 0 Å². The molecule has 7 nitrogen and oxygen atoms in total. The molecule has 0 radical (unpaired) electrons. The largest absolute Gasteiger partial charge is 0.383 e. The fraction of sp³-hybridized carbons (Fsp3) is 0.889. The van der Waals surface area contributed by atoms with Gasteiger partial charge in [0.25, 0.3) is 0 Å². The van der Waals surface area contributed by atoms with Crippen LogP contribution < -0.4 is 5.32 Å². The Morgan fingerprint density at radius 3 is 2.32 bits per heavy atom. The lowest BCUT2D eigenvalue weighted by atomic mass is 9.97. The van der Waals surface area contributed by atoms with Crippen molar-refractivity contribution in [2.75, 3.05) is 72.6 Å². The molecule has 2 aliphatic heterocycles. The van der Waals surface area contributed by atoms with Crippen molar-refractivity contribution < 1.29 is 9.53 Å². The van der Waals surface area contributed by atoms with Crippen molar-refractivity contribution in [1.82, 2.24) is 20.0 Å². The molecule has 144 valence electrons. The van der Waals surface area contributed by atoms with Crippen LogP contribution in [-0.2, 0) is 9.53 Å². The minimum Gasteiger partial charge on any atom is -0.383 e. The molecular weight excluding hydrogens is 318 g/mol. The molecule has 1 amide bonds. The molecule has 25 heavy (non-hydrogen) atoms. The van der Waals surface area contributed by atoms with E-state index in [0.29, 0.717) is 5.92 Å². The maximum Gasteiger partial charge on any atom is 0.219 e. The first-order valence-electron chi connectivity index (χ1n) is 9.64.